The van der Waals surface area contributed by atoms with Gasteiger partial charge in [-0.25, -0.2) is 0 Å². The molecule has 27 heavy (non-hydrogen) atoms. The third kappa shape index (κ3) is 4.87. The molecule has 0 spiro atoms. The van der Waals surface area contributed by atoms with Gasteiger partial charge in [0.05, 0.1) is 7.11 Å². The summed E-state index contributed by atoms with van der Waals surface area (Å²) in [7, 11) is 1.52. The third-order valence-electron chi connectivity index (χ3n) is 3.62. The van der Waals surface area contributed by atoms with Gasteiger partial charge in [-0.05, 0) is 48.0 Å². The maximum Gasteiger partial charge on any atom is 0.387 e. The summed E-state index contributed by atoms with van der Waals surface area (Å²) >= 11 is 0. The summed E-state index contributed by atoms with van der Waals surface area (Å²) in [6.45, 7) is -2.01. The number of alkyl halides is 2. The summed E-state index contributed by atoms with van der Waals surface area (Å²) in [5, 5.41) is 2.63. The van der Waals surface area contributed by atoms with Crippen molar-refractivity contribution in [3.63, 3.8) is 0 Å². The highest BCUT2D eigenvalue weighted by Crippen LogP contribution is 2.40. The summed E-state index contributed by atoms with van der Waals surface area (Å²) in [6, 6.07) is 9.10. The molecule has 1 N–H and O–H groups in total. The lowest BCUT2D eigenvalue weighted by atomic mass is 10.1. The number of fused-ring (bicyclic) bond motifs is 1. The lowest BCUT2D eigenvalue weighted by molar-refractivity contribution is -0.111. The van der Waals surface area contributed by atoms with Gasteiger partial charge in [0.2, 0.25) is 11.7 Å². The molecule has 2 aromatic carbocycles. The summed E-state index contributed by atoms with van der Waals surface area (Å²) in [4.78, 5) is 12.1. The molecule has 0 aliphatic carbocycles. The topological polar surface area (TPSA) is 66.0 Å². The van der Waals surface area contributed by atoms with Gasteiger partial charge in [0.1, 0.15) is 19.0 Å². The van der Waals surface area contributed by atoms with E-state index in [1.807, 2.05) is 0 Å². The number of rotatable bonds is 6. The van der Waals surface area contributed by atoms with Gasteiger partial charge in [-0.2, -0.15) is 8.78 Å². The van der Waals surface area contributed by atoms with Gasteiger partial charge in [0.25, 0.3) is 0 Å². The van der Waals surface area contributed by atoms with Crippen LogP contribution in [0.15, 0.2) is 42.5 Å². The largest absolute Gasteiger partial charge is 0.493 e. The number of methoxy groups -OCH3 is 1. The number of benzene rings is 2. The molecule has 0 saturated heterocycles. The van der Waals surface area contributed by atoms with Gasteiger partial charge in [0.15, 0.2) is 11.5 Å². The van der Waals surface area contributed by atoms with Crippen molar-refractivity contribution in [1.82, 2.24) is 0 Å². The zero-order valence-electron chi connectivity index (χ0n) is 14.4. The molecule has 0 unspecified atom stereocenters. The number of halogens is 2. The van der Waals surface area contributed by atoms with Crippen LogP contribution in [0.2, 0.25) is 0 Å². The molecular weight excluding hydrogens is 360 g/mol. The molecule has 0 atom stereocenters. The van der Waals surface area contributed by atoms with Crippen LogP contribution < -0.4 is 24.3 Å². The van der Waals surface area contributed by atoms with Gasteiger partial charge in [0, 0.05) is 11.8 Å². The second kappa shape index (κ2) is 8.39. The molecule has 0 bridgehead atoms. The van der Waals surface area contributed by atoms with Gasteiger partial charge in [-0.15, -0.1) is 0 Å². The molecule has 1 heterocycles. The first-order valence-corrected chi connectivity index (χ1v) is 8.07. The van der Waals surface area contributed by atoms with Crippen molar-refractivity contribution >= 4 is 17.7 Å². The molecule has 1 amide bonds. The second-order valence-corrected chi connectivity index (χ2v) is 5.47. The molecule has 142 valence electrons. The van der Waals surface area contributed by atoms with Crippen LogP contribution in [0.5, 0.6) is 23.0 Å². The summed E-state index contributed by atoms with van der Waals surface area (Å²) in [5.41, 5.74) is 1.15. The minimum atomic E-state index is -2.89. The Morgan fingerprint density at radius 3 is 2.63 bits per heavy atom. The molecular formula is C19H17F2NO5. The number of carbonyl (C=O) groups excluding carboxylic acids is 1. The SMILES string of the molecule is COc1cc(/C=C/C(=O)Nc2ccc(OC(F)F)cc2)cc2c1OCCO2. The Morgan fingerprint density at radius 1 is 1.19 bits per heavy atom. The molecule has 0 fully saturated rings. The normalized spacial score (nSPS) is 12.9. The van der Waals surface area contributed by atoms with Crippen molar-refractivity contribution < 1.29 is 32.5 Å². The molecule has 0 radical (unpaired) electrons. The zero-order valence-corrected chi connectivity index (χ0v) is 14.4. The Labute approximate surface area is 154 Å². The highest BCUT2D eigenvalue weighted by molar-refractivity contribution is 6.02. The number of hydrogen-bond donors (Lipinski definition) is 1. The third-order valence-corrected chi connectivity index (χ3v) is 3.62. The maximum absolute atomic E-state index is 12.1. The first kappa shape index (κ1) is 18.5. The van der Waals surface area contributed by atoms with E-state index in [9.17, 15) is 13.6 Å². The number of nitrogens with one attached hydrogen (secondary N) is 1. The van der Waals surface area contributed by atoms with Crippen LogP contribution in [0.25, 0.3) is 6.08 Å². The Hall–Kier alpha value is -3.29. The first-order chi connectivity index (χ1) is 13.0. The van der Waals surface area contributed by atoms with Crippen molar-refractivity contribution in [1.29, 1.82) is 0 Å². The number of ether oxygens (including phenoxy) is 4. The lowest BCUT2D eigenvalue weighted by Crippen LogP contribution is -2.16. The van der Waals surface area contributed by atoms with Crippen molar-refractivity contribution in [3.8, 4) is 23.0 Å². The average molecular weight is 377 g/mol. The molecule has 0 aromatic heterocycles. The van der Waals surface area contributed by atoms with E-state index in [-0.39, 0.29) is 11.7 Å². The van der Waals surface area contributed by atoms with E-state index in [1.54, 1.807) is 18.2 Å². The quantitative estimate of drug-likeness (QED) is 0.778. The van der Waals surface area contributed by atoms with Crippen molar-refractivity contribution in [2.75, 3.05) is 25.6 Å². The lowest BCUT2D eigenvalue weighted by Gasteiger charge is -2.20. The van der Waals surface area contributed by atoms with Gasteiger partial charge in [-0.1, -0.05) is 0 Å². The highest BCUT2D eigenvalue weighted by Gasteiger charge is 2.17. The Morgan fingerprint density at radius 2 is 1.93 bits per heavy atom. The van der Waals surface area contributed by atoms with Gasteiger partial charge < -0.3 is 24.3 Å². The molecule has 8 heteroatoms. The molecule has 2 aromatic rings. The van der Waals surface area contributed by atoms with E-state index in [0.29, 0.717) is 41.7 Å². The van der Waals surface area contributed by atoms with Crippen molar-refractivity contribution in [2.45, 2.75) is 6.61 Å². The van der Waals surface area contributed by atoms with E-state index in [1.165, 1.54) is 37.5 Å². The van der Waals surface area contributed by atoms with Crippen LogP contribution in [0, 0.1) is 0 Å². The first-order valence-electron chi connectivity index (χ1n) is 8.07. The smallest absolute Gasteiger partial charge is 0.387 e. The highest BCUT2D eigenvalue weighted by atomic mass is 19.3. The molecule has 1 aliphatic rings. The van der Waals surface area contributed by atoms with Crippen LogP contribution in [-0.4, -0.2) is 32.8 Å². The minimum Gasteiger partial charge on any atom is -0.493 e. The number of amides is 1. The summed E-state index contributed by atoms with van der Waals surface area (Å²) in [5.74, 6) is 1.24. The number of hydrogen-bond acceptors (Lipinski definition) is 5. The van der Waals surface area contributed by atoms with Crippen LogP contribution in [-0.2, 0) is 4.79 Å². The second-order valence-electron chi connectivity index (χ2n) is 5.47. The van der Waals surface area contributed by atoms with E-state index < -0.39 is 6.61 Å². The summed E-state index contributed by atoms with van der Waals surface area (Å²) < 4.78 is 44.9. The van der Waals surface area contributed by atoms with Gasteiger partial charge in [-0.3, -0.25) is 4.79 Å². The van der Waals surface area contributed by atoms with Crippen LogP contribution >= 0.6 is 0 Å². The monoisotopic (exact) mass is 377 g/mol. The Bertz CT molecular complexity index is 819. The van der Waals surface area contributed by atoms with E-state index in [4.69, 9.17) is 14.2 Å². The maximum atomic E-state index is 12.1. The summed E-state index contributed by atoms with van der Waals surface area (Å²) in [6.07, 6.45) is 2.94. The fourth-order valence-electron chi connectivity index (χ4n) is 2.47. The van der Waals surface area contributed by atoms with E-state index in [0.717, 1.165) is 0 Å². The average Bonchev–Trinajstić information content (AvgIpc) is 2.67. The Kier molecular flexibility index (Phi) is 5.75. The Balaban J connectivity index is 1.66. The van der Waals surface area contributed by atoms with Crippen LogP contribution in [0.4, 0.5) is 14.5 Å². The molecule has 3 rings (SSSR count). The van der Waals surface area contributed by atoms with Crippen LogP contribution in [0.1, 0.15) is 5.56 Å². The van der Waals surface area contributed by atoms with Gasteiger partial charge >= 0.3 is 6.61 Å². The van der Waals surface area contributed by atoms with Crippen molar-refractivity contribution in [3.05, 3.63) is 48.0 Å². The minimum absolute atomic E-state index is 0.0157. The zero-order chi connectivity index (χ0) is 19.2. The number of carbonyl (C=O) groups is 1. The fourth-order valence-corrected chi connectivity index (χ4v) is 2.47. The van der Waals surface area contributed by atoms with E-state index in [2.05, 4.69) is 10.1 Å². The standard InChI is InChI=1S/C19H17F2NO5/c1-24-15-10-12(11-16-18(15)26-9-8-25-16)2-7-17(23)22-13-3-5-14(6-4-13)27-19(20)21/h2-7,10-11,19H,8-9H2,1H3,(H,22,23)/b7-2+. The predicted molar refractivity (Wildman–Crippen MR) is 94.7 cm³/mol. The predicted octanol–water partition coefficient (Wildman–Crippen LogP) is 3.72. The van der Waals surface area contributed by atoms with Crippen molar-refractivity contribution in [2.24, 2.45) is 0 Å². The van der Waals surface area contributed by atoms with Crippen LogP contribution in [0.3, 0.4) is 0 Å². The number of anilines is 1. The van der Waals surface area contributed by atoms with E-state index >= 15 is 0 Å². The fraction of sp³-hybridized carbons (Fsp3) is 0.211. The molecule has 0 saturated carbocycles. The molecule has 6 nitrogen and oxygen atoms in total. The molecule has 1 aliphatic heterocycles.